The maximum atomic E-state index is 12.5. The standard InChI is InChI=1S/C14H20ClNO3S/c1-19-13-9-8-11(15)10-14(13)20(17,18)16-12-6-4-2-3-5-7-12/h8-10,12,16H,2-7H2,1H3. The highest BCUT2D eigenvalue weighted by Crippen LogP contribution is 2.28. The van der Waals surface area contributed by atoms with Gasteiger partial charge in [0.1, 0.15) is 10.6 Å². The third-order valence-electron chi connectivity index (χ3n) is 3.59. The van der Waals surface area contributed by atoms with Gasteiger partial charge in [-0.3, -0.25) is 0 Å². The highest BCUT2D eigenvalue weighted by atomic mass is 35.5. The molecule has 0 radical (unpaired) electrons. The maximum absolute atomic E-state index is 12.5. The van der Waals surface area contributed by atoms with Gasteiger partial charge in [0.05, 0.1) is 7.11 Å². The molecule has 0 aliphatic heterocycles. The molecule has 1 N–H and O–H groups in total. The summed E-state index contributed by atoms with van der Waals surface area (Å²) < 4.78 is 32.9. The van der Waals surface area contributed by atoms with Crippen LogP contribution in [0, 0.1) is 0 Å². The highest BCUT2D eigenvalue weighted by molar-refractivity contribution is 7.89. The zero-order valence-corrected chi connectivity index (χ0v) is 13.1. The summed E-state index contributed by atoms with van der Waals surface area (Å²) in [6.45, 7) is 0. The van der Waals surface area contributed by atoms with Crippen LogP contribution in [-0.2, 0) is 10.0 Å². The molecule has 0 unspecified atom stereocenters. The van der Waals surface area contributed by atoms with Crippen molar-refractivity contribution >= 4 is 21.6 Å². The number of sulfonamides is 1. The van der Waals surface area contributed by atoms with Gasteiger partial charge in [-0.25, -0.2) is 13.1 Å². The molecule has 112 valence electrons. The summed E-state index contributed by atoms with van der Waals surface area (Å²) in [4.78, 5) is 0.108. The number of halogens is 1. The van der Waals surface area contributed by atoms with Crippen LogP contribution in [-0.4, -0.2) is 21.6 Å². The second kappa shape index (κ2) is 6.78. The molecule has 0 saturated heterocycles. The van der Waals surface area contributed by atoms with Crippen LogP contribution in [0.4, 0.5) is 0 Å². The van der Waals surface area contributed by atoms with Gasteiger partial charge in [0.25, 0.3) is 0 Å². The van der Waals surface area contributed by atoms with Gasteiger partial charge in [-0.15, -0.1) is 0 Å². The van der Waals surface area contributed by atoms with E-state index in [1.165, 1.54) is 26.0 Å². The molecule has 1 fully saturated rings. The maximum Gasteiger partial charge on any atom is 0.244 e. The van der Waals surface area contributed by atoms with E-state index in [1.54, 1.807) is 12.1 Å². The van der Waals surface area contributed by atoms with Crippen LogP contribution >= 0.6 is 11.6 Å². The van der Waals surface area contributed by atoms with Crippen molar-refractivity contribution < 1.29 is 13.2 Å². The molecule has 4 nitrogen and oxygen atoms in total. The molecule has 1 aliphatic carbocycles. The summed E-state index contributed by atoms with van der Waals surface area (Å²) in [5, 5.41) is 0.382. The zero-order valence-electron chi connectivity index (χ0n) is 11.6. The second-order valence-electron chi connectivity index (χ2n) is 5.10. The van der Waals surface area contributed by atoms with E-state index in [0.29, 0.717) is 10.8 Å². The van der Waals surface area contributed by atoms with Gasteiger partial charge in [-0.05, 0) is 31.0 Å². The predicted molar refractivity (Wildman–Crippen MR) is 79.8 cm³/mol. The highest BCUT2D eigenvalue weighted by Gasteiger charge is 2.24. The minimum absolute atomic E-state index is 0.00573. The Morgan fingerprint density at radius 1 is 1.20 bits per heavy atom. The largest absolute Gasteiger partial charge is 0.495 e. The Kier molecular flexibility index (Phi) is 5.29. The smallest absolute Gasteiger partial charge is 0.244 e. The van der Waals surface area contributed by atoms with Crippen LogP contribution in [0.1, 0.15) is 38.5 Å². The molecule has 1 saturated carbocycles. The van der Waals surface area contributed by atoms with E-state index in [2.05, 4.69) is 4.72 Å². The van der Waals surface area contributed by atoms with Crippen molar-refractivity contribution in [1.82, 2.24) is 4.72 Å². The number of ether oxygens (including phenoxy) is 1. The molecule has 1 aliphatic rings. The van der Waals surface area contributed by atoms with Crippen molar-refractivity contribution in [3.8, 4) is 5.75 Å². The van der Waals surface area contributed by atoms with Crippen LogP contribution in [0.3, 0.4) is 0 Å². The van der Waals surface area contributed by atoms with Crippen LogP contribution < -0.4 is 9.46 Å². The fourth-order valence-electron chi connectivity index (χ4n) is 2.54. The van der Waals surface area contributed by atoms with E-state index < -0.39 is 10.0 Å². The Morgan fingerprint density at radius 2 is 1.85 bits per heavy atom. The zero-order chi connectivity index (χ0) is 14.6. The summed E-state index contributed by atoms with van der Waals surface area (Å²) >= 11 is 5.90. The van der Waals surface area contributed by atoms with E-state index in [9.17, 15) is 8.42 Å². The van der Waals surface area contributed by atoms with Gasteiger partial charge in [0.15, 0.2) is 0 Å². The first-order valence-electron chi connectivity index (χ1n) is 6.89. The fraction of sp³-hybridized carbons (Fsp3) is 0.571. The van der Waals surface area contributed by atoms with Crippen molar-refractivity contribution in [3.63, 3.8) is 0 Å². The predicted octanol–water partition coefficient (Wildman–Crippen LogP) is 3.35. The number of rotatable bonds is 4. The molecule has 2 rings (SSSR count). The molecule has 1 aromatic carbocycles. The summed E-state index contributed by atoms with van der Waals surface area (Å²) in [5.74, 6) is 0.315. The monoisotopic (exact) mass is 317 g/mol. The molecule has 0 atom stereocenters. The van der Waals surface area contributed by atoms with Gasteiger partial charge >= 0.3 is 0 Å². The summed E-state index contributed by atoms with van der Waals surface area (Å²) in [5.41, 5.74) is 0. The van der Waals surface area contributed by atoms with Crippen LogP contribution in [0.25, 0.3) is 0 Å². The van der Waals surface area contributed by atoms with Crippen LogP contribution in [0.2, 0.25) is 5.02 Å². The second-order valence-corrected chi connectivity index (χ2v) is 7.22. The first kappa shape index (κ1) is 15.6. The topological polar surface area (TPSA) is 55.4 Å². The van der Waals surface area contributed by atoms with Crippen molar-refractivity contribution in [1.29, 1.82) is 0 Å². The Bertz CT molecular complexity index is 552. The molecule has 0 heterocycles. The van der Waals surface area contributed by atoms with Crippen LogP contribution in [0.5, 0.6) is 5.75 Å². The van der Waals surface area contributed by atoms with Gasteiger partial charge in [0, 0.05) is 11.1 Å². The first-order valence-corrected chi connectivity index (χ1v) is 8.75. The number of hydrogen-bond acceptors (Lipinski definition) is 3. The van der Waals surface area contributed by atoms with E-state index in [0.717, 1.165) is 25.7 Å². The lowest BCUT2D eigenvalue weighted by atomic mass is 10.1. The number of methoxy groups -OCH3 is 1. The average Bonchev–Trinajstić information content (AvgIpc) is 2.67. The molecule has 0 bridgehead atoms. The van der Waals surface area contributed by atoms with Crippen molar-refractivity contribution in [2.24, 2.45) is 0 Å². The third-order valence-corrected chi connectivity index (χ3v) is 5.37. The van der Waals surface area contributed by atoms with Gasteiger partial charge in [-0.1, -0.05) is 37.3 Å². The molecular weight excluding hydrogens is 298 g/mol. The SMILES string of the molecule is COc1ccc(Cl)cc1S(=O)(=O)NC1CCCCCC1. The lowest BCUT2D eigenvalue weighted by Crippen LogP contribution is -2.34. The summed E-state index contributed by atoms with van der Waals surface area (Å²) in [7, 11) is -2.15. The molecule has 20 heavy (non-hydrogen) atoms. The minimum atomic E-state index is -3.60. The first-order chi connectivity index (χ1) is 9.53. The Morgan fingerprint density at radius 3 is 2.45 bits per heavy atom. The Labute approximate surface area is 125 Å². The average molecular weight is 318 g/mol. The minimum Gasteiger partial charge on any atom is -0.495 e. The fourth-order valence-corrected chi connectivity index (χ4v) is 4.28. The normalized spacial score (nSPS) is 17.7. The van der Waals surface area contributed by atoms with Crippen molar-refractivity contribution in [2.75, 3.05) is 7.11 Å². The summed E-state index contributed by atoms with van der Waals surface area (Å²) in [6.07, 6.45) is 6.28. The lowest BCUT2D eigenvalue weighted by molar-refractivity contribution is 0.401. The quantitative estimate of drug-likeness (QED) is 0.866. The Hall–Kier alpha value is -0.780. The number of hydrogen-bond donors (Lipinski definition) is 1. The molecule has 6 heteroatoms. The molecule has 0 amide bonds. The van der Waals surface area contributed by atoms with Crippen molar-refractivity contribution in [2.45, 2.75) is 49.5 Å². The Balaban J connectivity index is 2.23. The molecule has 0 spiro atoms. The van der Waals surface area contributed by atoms with E-state index in [4.69, 9.17) is 16.3 Å². The van der Waals surface area contributed by atoms with E-state index >= 15 is 0 Å². The van der Waals surface area contributed by atoms with Crippen LogP contribution in [0.15, 0.2) is 23.1 Å². The van der Waals surface area contributed by atoms with E-state index in [1.807, 2.05) is 0 Å². The van der Waals surface area contributed by atoms with Crippen molar-refractivity contribution in [3.05, 3.63) is 23.2 Å². The van der Waals surface area contributed by atoms with Gasteiger partial charge in [0.2, 0.25) is 10.0 Å². The summed E-state index contributed by atoms with van der Waals surface area (Å²) in [6, 6.07) is 4.63. The third kappa shape index (κ3) is 3.87. The van der Waals surface area contributed by atoms with E-state index in [-0.39, 0.29) is 10.9 Å². The molecule has 0 aromatic heterocycles. The molecular formula is C14H20ClNO3S. The lowest BCUT2D eigenvalue weighted by Gasteiger charge is -2.17. The number of nitrogens with one attached hydrogen (secondary N) is 1. The molecule has 1 aromatic rings. The van der Waals surface area contributed by atoms with Gasteiger partial charge in [-0.2, -0.15) is 0 Å². The van der Waals surface area contributed by atoms with Gasteiger partial charge < -0.3 is 4.74 Å². The number of benzene rings is 1.